The molecule has 0 saturated heterocycles. The maximum absolute atomic E-state index is 12.5. The topological polar surface area (TPSA) is 39.2 Å². The van der Waals surface area contributed by atoms with Crippen LogP contribution in [-0.4, -0.2) is 17.9 Å². The lowest BCUT2D eigenvalue weighted by atomic mass is 9.80. The highest BCUT2D eigenvalue weighted by atomic mass is 16.5. The Labute approximate surface area is 118 Å². The van der Waals surface area contributed by atoms with Crippen LogP contribution >= 0.6 is 0 Å². The first-order chi connectivity index (χ1) is 9.79. The van der Waals surface area contributed by atoms with Gasteiger partial charge in [-0.3, -0.25) is 9.78 Å². The van der Waals surface area contributed by atoms with Gasteiger partial charge in [-0.1, -0.05) is 30.7 Å². The van der Waals surface area contributed by atoms with Crippen molar-refractivity contribution in [3.8, 4) is 5.75 Å². The van der Waals surface area contributed by atoms with Crippen molar-refractivity contribution in [2.45, 2.75) is 25.2 Å². The molecule has 1 aromatic carbocycles. The van der Waals surface area contributed by atoms with Crippen LogP contribution in [-0.2, 0) is 0 Å². The summed E-state index contributed by atoms with van der Waals surface area (Å²) in [6.45, 7) is 0. The summed E-state index contributed by atoms with van der Waals surface area (Å²) in [4.78, 5) is 16.5. The van der Waals surface area contributed by atoms with Gasteiger partial charge in [0.1, 0.15) is 5.75 Å². The molecular formula is C17H17NO2. The predicted octanol–water partition coefficient (Wildman–Crippen LogP) is 3.59. The summed E-state index contributed by atoms with van der Waals surface area (Å²) in [7, 11) is 1.55. The molecule has 1 heterocycles. The molecule has 102 valence electrons. The Bertz CT molecular complexity index is 615. The molecule has 1 saturated carbocycles. The van der Waals surface area contributed by atoms with Crippen molar-refractivity contribution in [3.05, 3.63) is 59.4 Å². The molecule has 0 spiro atoms. The second-order valence-electron chi connectivity index (χ2n) is 5.15. The van der Waals surface area contributed by atoms with Crippen LogP contribution in [0.5, 0.6) is 5.75 Å². The van der Waals surface area contributed by atoms with Gasteiger partial charge in [0.2, 0.25) is 0 Å². The van der Waals surface area contributed by atoms with Gasteiger partial charge in [0, 0.05) is 11.8 Å². The minimum atomic E-state index is -0.0237. The van der Waals surface area contributed by atoms with Crippen molar-refractivity contribution >= 4 is 5.78 Å². The Kier molecular flexibility index (Phi) is 3.50. The van der Waals surface area contributed by atoms with Gasteiger partial charge in [-0.2, -0.15) is 0 Å². The fourth-order valence-corrected chi connectivity index (χ4v) is 2.53. The van der Waals surface area contributed by atoms with E-state index in [1.165, 1.54) is 24.8 Å². The number of hydrogen-bond acceptors (Lipinski definition) is 3. The molecule has 3 nitrogen and oxygen atoms in total. The van der Waals surface area contributed by atoms with E-state index >= 15 is 0 Å². The van der Waals surface area contributed by atoms with E-state index in [1.54, 1.807) is 25.6 Å². The molecule has 0 bridgehead atoms. The Morgan fingerprint density at radius 1 is 1.20 bits per heavy atom. The van der Waals surface area contributed by atoms with Crippen molar-refractivity contribution in [1.82, 2.24) is 4.98 Å². The molecule has 1 aromatic heterocycles. The summed E-state index contributed by atoms with van der Waals surface area (Å²) in [6.07, 6.45) is 7.03. The van der Waals surface area contributed by atoms with Crippen molar-refractivity contribution in [2.24, 2.45) is 0 Å². The first-order valence-corrected chi connectivity index (χ1v) is 6.92. The molecule has 0 radical (unpaired) electrons. The van der Waals surface area contributed by atoms with Gasteiger partial charge in [-0.15, -0.1) is 0 Å². The van der Waals surface area contributed by atoms with Crippen molar-refractivity contribution in [1.29, 1.82) is 0 Å². The van der Waals surface area contributed by atoms with E-state index in [9.17, 15) is 4.79 Å². The van der Waals surface area contributed by atoms with Gasteiger partial charge in [0.25, 0.3) is 0 Å². The molecule has 1 aliphatic rings. The van der Waals surface area contributed by atoms with Crippen molar-refractivity contribution in [2.75, 3.05) is 7.11 Å². The summed E-state index contributed by atoms with van der Waals surface area (Å²) in [5.74, 6) is 1.18. The monoisotopic (exact) mass is 267 g/mol. The van der Waals surface area contributed by atoms with E-state index in [2.05, 4.69) is 17.1 Å². The van der Waals surface area contributed by atoms with Crippen LogP contribution in [0, 0.1) is 0 Å². The predicted molar refractivity (Wildman–Crippen MR) is 77.3 cm³/mol. The largest absolute Gasteiger partial charge is 0.494 e. The van der Waals surface area contributed by atoms with E-state index < -0.39 is 0 Å². The number of carbonyl (C=O) groups excluding carboxylic acids is 1. The molecule has 0 unspecified atom stereocenters. The highest BCUT2D eigenvalue weighted by Crippen LogP contribution is 2.36. The van der Waals surface area contributed by atoms with Gasteiger partial charge in [-0.05, 0) is 30.4 Å². The third-order valence-electron chi connectivity index (χ3n) is 4.00. The standard InChI is InChI=1S/C17H17NO2/c1-20-16-11-18-10-9-15(16)17(19)14-7-5-13(6-8-14)12-3-2-4-12/h5-12H,2-4H2,1H3. The van der Waals surface area contributed by atoms with E-state index in [1.807, 2.05) is 12.1 Å². The fourth-order valence-electron chi connectivity index (χ4n) is 2.53. The molecule has 0 N–H and O–H groups in total. The highest BCUT2D eigenvalue weighted by Gasteiger charge is 2.20. The van der Waals surface area contributed by atoms with Crippen LogP contribution in [0.1, 0.15) is 46.7 Å². The van der Waals surface area contributed by atoms with Crippen LogP contribution < -0.4 is 4.74 Å². The third-order valence-corrected chi connectivity index (χ3v) is 4.00. The van der Waals surface area contributed by atoms with E-state index in [4.69, 9.17) is 4.74 Å². The third kappa shape index (κ3) is 2.31. The van der Waals surface area contributed by atoms with Crippen LogP contribution in [0.3, 0.4) is 0 Å². The summed E-state index contributed by atoms with van der Waals surface area (Å²) in [6, 6.07) is 9.67. The lowest BCUT2D eigenvalue weighted by Crippen LogP contribution is -2.09. The van der Waals surface area contributed by atoms with Gasteiger partial charge in [0.05, 0.1) is 18.9 Å². The summed E-state index contributed by atoms with van der Waals surface area (Å²) in [5.41, 5.74) is 2.59. The minimum absolute atomic E-state index is 0.0237. The number of carbonyl (C=O) groups is 1. The van der Waals surface area contributed by atoms with Gasteiger partial charge >= 0.3 is 0 Å². The minimum Gasteiger partial charge on any atom is -0.494 e. The fraction of sp³-hybridized carbons (Fsp3) is 0.294. The van der Waals surface area contributed by atoms with Crippen LogP contribution in [0.25, 0.3) is 0 Å². The number of rotatable bonds is 4. The van der Waals surface area contributed by atoms with Crippen LogP contribution in [0.15, 0.2) is 42.7 Å². The lowest BCUT2D eigenvalue weighted by molar-refractivity contribution is 0.103. The summed E-state index contributed by atoms with van der Waals surface area (Å²) < 4.78 is 5.19. The molecule has 0 amide bonds. The molecule has 3 heteroatoms. The Hall–Kier alpha value is -2.16. The Morgan fingerprint density at radius 2 is 1.95 bits per heavy atom. The number of ether oxygens (including phenoxy) is 1. The molecule has 0 atom stereocenters. The Balaban J connectivity index is 1.86. The molecule has 0 aliphatic heterocycles. The molecule has 2 aromatic rings. The zero-order valence-corrected chi connectivity index (χ0v) is 11.5. The SMILES string of the molecule is COc1cnccc1C(=O)c1ccc(C2CCC2)cc1. The van der Waals surface area contributed by atoms with E-state index in [-0.39, 0.29) is 5.78 Å². The molecule has 3 rings (SSSR count). The maximum atomic E-state index is 12.5. The quantitative estimate of drug-likeness (QED) is 0.795. The first-order valence-electron chi connectivity index (χ1n) is 6.92. The van der Waals surface area contributed by atoms with E-state index in [0.717, 1.165) is 0 Å². The van der Waals surface area contributed by atoms with Crippen LogP contribution in [0.2, 0.25) is 0 Å². The smallest absolute Gasteiger partial charge is 0.196 e. The average Bonchev–Trinajstić information content (AvgIpc) is 2.45. The van der Waals surface area contributed by atoms with Crippen LogP contribution in [0.4, 0.5) is 0 Å². The molecule has 1 fully saturated rings. The van der Waals surface area contributed by atoms with E-state index in [0.29, 0.717) is 22.8 Å². The number of benzene rings is 1. The van der Waals surface area contributed by atoms with Crippen molar-refractivity contribution < 1.29 is 9.53 Å². The van der Waals surface area contributed by atoms with Crippen molar-refractivity contribution in [3.63, 3.8) is 0 Å². The number of methoxy groups -OCH3 is 1. The number of ketones is 1. The number of nitrogens with zero attached hydrogens (tertiary/aromatic N) is 1. The second-order valence-corrected chi connectivity index (χ2v) is 5.15. The van der Waals surface area contributed by atoms with Gasteiger partial charge < -0.3 is 4.74 Å². The average molecular weight is 267 g/mol. The molecular weight excluding hydrogens is 250 g/mol. The first kappa shape index (κ1) is 12.9. The highest BCUT2D eigenvalue weighted by molar-refractivity contribution is 6.10. The number of hydrogen-bond donors (Lipinski definition) is 0. The normalized spacial score (nSPS) is 14.7. The van der Waals surface area contributed by atoms with Gasteiger partial charge in [0.15, 0.2) is 5.78 Å². The Morgan fingerprint density at radius 3 is 2.55 bits per heavy atom. The second kappa shape index (κ2) is 5.45. The lowest BCUT2D eigenvalue weighted by Gasteiger charge is -2.25. The summed E-state index contributed by atoms with van der Waals surface area (Å²) >= 11 is 0. The number of aromatic nitrogens is 1. The van der Waals surface area contributed by atoms with Gasteiger partial charge in [-0.25, -0.2) is 0 Å². The number of pyridine rings is 1. The summed E-state index contributed by atoms with van der Waals surface area (Å²) in [5, 5.41) is 0. The zero-order chi connectivity index (χ0) is 13.9. The maximum Gasteiger partial charge on any atom is 0.196 e. The molecule has 20 heavy (non-hydrogen) atoms. The molecule has 1 aliphatic carbocycles. The zero-order valence-electron chi connectivity index (χ0n) is 11.5.